The Bertz CT molecular complexity index is 609. The second-order valence-electron chi connectivity index (χ2n) is 3.77. The van der Waals surface area contributed by atoms with Crippen molar-refractivity contribution in [3.05, 3.63) is 64.1 Å². The van der Waals surface area contributed by atoms with Crippen molar-refractivity contribution in [2.75, 3.05) is 0 Å². The molecule has 0 saturated carbocycles. The third-order valence-corrected chi connectivity index (χ3v) is 3.08. The Morgan fingerprint density at radius 2 is 1.84 bits per heavy atom. The second-order valence-corrected chi connectivity index (χ2v) is 4.62. The van der Waals surface area contributed by atoms with Gasteiger partial charge < -0.3 is 5.11 Å². The minimum absolute atomic E-state index is 0.189. The maximum absolute atomic E-state index is 11.8. The lowest BCUT2D eigenvalue weighted by atomic mass is 10.2. The normalized spacial score (nSPS) is 10.6. The number of hydrazone groups is 1. The topological polar surface area (TPSA) is 61.7 Å². The lowest BCUT2D eigenvalue weighted by Crippen LogP contribution is -2.18. The number of hydrogen-bond acceptors (Lipinski definition) is 3. The van der Waals surface area contributed by atoms with Gasteiger partial charge in [0.1, 0.15) is 5.75 Å². The molecule has 19 heavy (non-hydrogen) atoms. The van der Waals surface area contributed by atoms with E-state index in [4.69, 9.17) is 5.11 Å². The molecule has 1 amide bonds. The number of aromatic hydroxyl groups is 1. The van der Waals surface area contributed by atoms with E-state index >= 15 is 0 Å². The molecule has 0 aliphatic carbocycles. The van der Waals surface area contributed by atoms with Crippen LogP contribution in [0.15, 0.2) is 58.1 Å². The van der Waals surface area contributed by atoms with Gasteiger partial charge in [0.05, 0.1) is 11.8 Å². The van der Waals surface area contributed by atoms with Crippen LogP contribution in [0.2, 0.25) is 0 Å². The quantitative estimate of drug-likeness (QED) is 0.675. The summed E-state index contributed by atoms with van der Waals surface area (Å²) in [7, 11) is 0. The van der Waals surface area contributed by atoms with Gasteiger partial charge in [0.25, 0.3) is 5.91 Å². The Hall–Kier alpha value is -2.14. The van der Waals surface area contributed by atoms with Crippen LogP contribution in [0.3, 0.4) is 0 Å². The Labute approximate surface area is 118 Å². The van der Waals surface area contributed by atoms with Crippen LogP contribution < -0.4 is 5.43 Å². The van der Waals surface area contributed by atoms with Crippen LogP contribution in [0, 0.1) is 0 Å². The van der Waals surface area contributed by atoms with Crippen molar-refractivity contribution in [2.24, 2.45) is 5.10 Å². The first-order valence-electron chi connectivity index (χ1n) is 5.54. The van der Waals surface area contributed by atoms with E-state index in [1.807, 2.05) is 6.07 Å². The van der Waals surface area contributed by atoms with Gasteiger partial charge in [0.15, 0.2) is 0 Å². The number of nitrogens with zero attached hydrogens (tertiary/aromatic N) is 1. The number of nitrogens with one attached hydrogen (secondary N) is 1. The number of carbonyl (C=O) groups is 1. The van der Waals surface area contributed by atoms with Gasteiger partial charge in [-0.3, -0.25) is 4.79 Å². The number of rotatable bonds is 3. The number of amides is 1. The predicted molar refractivity (Wildman–Crippen MR) is 77.3 cm³/mol. The van der Waals surface area contributed by atoms with Crippen molar-refractivity contribution in [1.82, 2.24) is 5.43 Å². The van der Waals surface area contributed by atoms with Crippen molar-refractivity contribution < 1.29 is 9.90 Å². The van der Waals surface area contributed by atoms with Gasteiger partial charge in [0, 0.05) is 4.47 Å². The molecule has 0 aliphatic heterocycles. The molecular weight excluding hydrogens is 308 g/mol. The molecular formula is C14H11BrN2O2. The molecule has 2 aromatic carbocycles. The number of carbonyl (C=O) groups excluding carboxylic acids is 1. The van der Waals surface area contributed by atoms with E-state index in [9.17, 15) is 4.79 Å². The van der Waals surface area contributed by atoms with Crippen LogP contribution >= 0.6 is 15.9 Å². The fourth-order valence-electron chi connectivity index (χ4n) is 1.43. The van der Waals surface area contributed by atoms with E-state index in [-0.39, 0.29) is 11.7 Å². The zero-order valence-electron chi connectivity index (χ0n) is 9.88. The number of halogens is 1. The lowest BCUT2D eigenvalue weighted by Gasteiger charge is -2.01. The van der Waals surface area contributed by atoms with Gasteiger partial charge in [-0.1, -0.05) is 12.1 Å². The maximum Gasteiger partial charge on any atom is 0.272 e. The predicted octanol–water partition coefficient (Wildman–Crippen LogP) is 2.92. The van der Waals surface area contributed by atoms with Gasteiger partial charge in [0.2, 0.25) is 0 Å². The van der Waals surface area contributed by atoms with Gasteiger partial charge in [-0.25, -0.2) is 5.43 Å². The van der Waals surface area contributed by atoms with Gasteiger partial charge in [-0.05, 0) is 57.9 Å². The van der Waals surface area contributed by atoms with Gasteiger partial charge in [-0.2, -0.15) is 5.10 Å². The molecule has 0 saturated heterocycles. The average molecular weight is 319 g/mol. The molecule has 5 heteroatoms. The molecule has 2 aromatic rings. The van der Waals surface area contributed by atoms with E-state index in [1.165, 1.54) is 6.21 Å². The third-order valence-electron chi connectivity index (χ3n) is 2.39. The van der Waals surface area contributed by atoms with Crippen LogP contribution in [-0.2, 0) is 0 Å². The van der Waals surface area contributed by atoms with Gasteiger partial charge >= 0.3 is 0 Å². The van der Waals surface area contributed by atoms with Crippen LogP contribution in [0.5, 0.6) is 5.75 Å². The first-order valence-corrected chi connectivity index (χ1v) is 6.33. The average Bonchev–Trinajstić information content (AvgIpc) is 2.41. The molecule has 0 heterocycles. The maximum atomic E-state index is 11.8. The molecule has 0 unspecified atom stereocenters. The zero-order chi connectivity index (χ0) is 13.7. The summed E-state index contributed by atoms with van der Waals surface area (Å²) >= 11 is 3.30. The Kier molecular flexibility index (Phi) is 4.30. The molecule has 4 nitrogen and oxygen atoms in total. The minimum Gasteiger partial charge on any atom is -0.508 e. The third kappa shape index (κ3) is 3.66. The first-order chi connectivity index (χ1) is 9.16. The zero-order valence-corrected chi connectivity index (χ0v) is 11.5. The van der Waals surface area contributed by atoms with E-state index < -0.39 is 0 Å². The summed E-state index contributed by atoms with van der Waals surface area (Å²) in [4.78, 5) is 11.8. The Morgan fingerprint density at radius 3 is 2.53 bits per heavy atom. The fraction of sp³-hybridized carbons (Fsp3) is 0. The van der Waals surface area contributed by atoms with Crippen molar-refractivity contribution in [3.63, 3.8) is 0 Å². The van der Waals surface area contributed by atoms with E-state index in [0.29, 0.717) is 10.0 Å². The first kappa shape index (κ1) is 13.3. The van der Waals surface area contributed by atoms with Crippen molar-refractivity contribution in [1.29, 1.82) is 0 Å². The summed E-state index contributed by atoms with van der Waals surface area (Å²) in [5, 5.41) is 13.0. The van der Waals surface area contributed by atoms with E-state index in [2.05, 4.69) is 26.5 Å². The Balaban J connectivity index is 2.01. The number of benzene rings is 2. The number of hydrogen-bond donors (Lipinski definition) is 2. The SMILES string of the molecule is O=C(N/N=C/c1ccc(O)cc1)c1ccccc1Br. The molecule has 0 aromatic heterocycles. The highest BCUT2D eigenvalue weighted by Gasteiger charge is 2.07. The summed E-state index contributed by atoms with van der Waals surface area (Å²) in [6, 6.07) is 13.6. The molecule has 0 aliphatic rings. The molecule has 0 bridgehead atoms. The molecule has 2 rings (SSSR count). The highest BCUT2D eigenvalue weighted by molar-refractivity contribution is 9.10. The highest BCUT2D eigenvalue weighted by Crippen LogP contribution is 2.15. The summed E-state index contributed by atoms with van der Waals surface area (Å²) in [6.45, 7) is 0. The summed E-state index contributed by atoms with van der Waals surface area (Å²) in [5.74, 6) is -0.100. The largest absolute Gasteiger partial charge is 0.508 e. The number of phenols is 1. The van der Waals surface area contributed by atoms with Crippen LogP contribution in [0.25, 0.3) is 0 Å². The van der Waals surface area contributed by atoms with Crippen LogP contribution in [-0.4, -0.2) is 17.2 Å². The highest BCUT2D eigenvalue weighted by atomic mass is 79.9. The standard InChI is InChI=1S/C14H11BrN2O2/c15-13-4-2-1-3-12(13)14(19)17-16-9-10-5-7-11(18)8-6-10/h1-9,18H,(H,17,19)/b16-9+. The van der Waals surface area contributed by atoms with Gasteiger partial charge in [-0.15, -0.1) is 0 Å². The molecule has 2 N–H and O–H groups in total. The number of phenolic OH excluding ortho intramolecular Hbond substituents is 1. The summed E-state index contributed by atoms with van der Waals surface area (Å²) in [5.41, 5.74) is 3.74. The second kappa shape index (κ2) is 6.15. The molecule has 0 spiro atoms. The molecule has 0 atom stereocenters. The summed E-state index contributed by atoms with van der Waals surface area (Å²) in [6.07, 6.45) is 1.51. The fourth-order valence-corrected chi connectivity index (χ4v) is 1.90. The van der Waals surface area contributed by atoms with Crippen molar-refractivity contribution >= 4 is 28.1 Å². The van der Waals surface area contributed by atoms with Crippen LogP contribution in [0.4, 0.5) is 0 Å². The smallest absolute Gasteiger partial charge is 0.272 e. The van der Waals surface area contributed by atoms with Crippen molar-refractivity contribution in [2.45, 2.75) is 0 Å². The monoisotopic (exact) mass is 318 g/mol. The summed E-state index contributed by atoms with van der Waals surface area (Å²) < 4.78 is 0.715. The van der Waals surface area contributed by atoms with E-state index in [1.54, 1.807) is 42.5 Å². The van der Waals surface area contributed by atoms with E-state index in [0.717, 1.165) is 5.56 Å². The molecule has 96 valence electrons. The van der Waals surface area contributed by atoms with Crippen molar-refractivity contribution in [3.8, 4) is 5.75 Å². The minimum atomic E-state index is -0.289. The lowest BCUT2D eigenvalue weighted by molar-refractivity contribution is 0.0954. The molecule has 0 fully saturated rings. The Morgan fingerprint density at radius 1 is 1.16 bits per heavy atom. The van der Waals surface area contributed by atoms with Crippen LogP contribution in [0.1, 0.15) is 15.9 Å². The molecule has 0 radical (unpaired) electrons.